The van der Waals surface area contributed by atoms with E-state index in [1.54, 1.807) is 17.8 Å². The van der Waals surface area contributed by atoms with Gasteiger partial charge in [0.2, 0.25) is 0 Å². The number of carbonyl (C=O) groups is 1. The van der Waals surface area contributed by atoms with Crippen molar-refractivity contribution in [2.24, 2.45) is 7.05 Å². The van der Waals surface area contributed by atoms with Crippen LogP contribution in [0.15, 0.2) is 36.7 Å². The number of anilines is 1. The molecule has 0 bridgehead atoms. The third-order valence-corrected chi connectivity index (χ3v) is 6.28. The van der Waals surface area contributed by atoms with Crippen molar-refractivity contribution in [3.05, 3.63) is 53.6 Å². The number of aromatic nitrogens is 5. The Balaban J connectivity index is 1.51. The molecular weight excluding hydrogens is 408 g/mol. The Labute approximate surface area is 186 Å². The maximum Gasteiger partial charge on any atom is 0.341 e. The van der Waals surface area contributed by atoms with Gasteiger partial charge in [0.15, 0.2) is 0 Å². The highest BCUT2D eigenvalue weighted by molar-refractivity contribution is 5.91. The van der Waals surface area contributed by atoms with Crippen LogP contribution in [0.5, 0.6) is 0 Å². The highest BCUT2D eigenvalue weighted by atomic mass is 16.5. The van der Waals surface area contributed by atoms with E-state index in [1.165, 1.54) is 0 Å². The fraction of sp³-hybridized carbons (Fsp3) is 0.478. The molecule has 1 aliphatic carbocycles. The Morgan fingerprint density at radius 1 is 1.28 bits per heavy atom. The second-order valence-electron chi connectivity index (χ2n) is 8.60. The van der Waals surface area contributed by atoms with Crippen molar-refractivity contribution in [1.82, 2.24) is 24.8 Å². The largest absolute Gasteiger partial charge is 0.462 e. The minimum atomic E-state index is -0.353. The van der Waals surface area contributed by atoms with E-state index in [4.69, 9.17) is 4.74 Å². The second-order valence-corrected chi connectivity index (χ2v) is 8.60. The molecule has 1 N–H and O–H groups in total. The predicted molar refractivity (Wildman–Crippen MR) is 118 cm³/mol. The van der Waals surface area contributed by atoms with Crippen molar-refractivity contribution in [3.63, 3.8) is 0 Å². The third kappa shape index (κ3) is 3.88. The van der Waals surface area contributed by atoms with Crippen molar-refractivity contribution in [2.45, 2.75) is 44.1 Å². The standard InChI is InChI=1S/C23H28N6O3/c1-3-32-23(31)20-12-24-29(22(20)19-11-18(19)21-14-27(2)26-25-21)16-7-4-6-15(10-16)28-9-5-8-17(30)13-28/h4,6-7,10,12,14,17-19,30H,3,5,8-9,11,13H2,1-2H3/t17-,18-,19-/m1/s1. The number of esters is 1. The van der Waals surface area contributed by atoms with Gasteiger partial charge in [-0.25, -0.2) is 9.48 Å². The highest BCUT2D eigenvalue weighted by Gasteiger charge is 2.46. The molecule has 9 heteroatoms. The monoisotopic (exact) mass is 436 g/mol. The fourth-order valence-corrected chi connectivity index (χ4v) is 4.66. The Bertz CT molecular complexity index is 1120. The molecule has 5 rings (SSSR count). The fourth-order valence-electron chi connectivity index (χ4n) is 4.66. The van der Waals surface area contributed by atoms with Crippen LogP contribution in [0.25, 0.3) is 5.69 Å². The van der Waals surface area contributed by atoms with Crippen molar-refractivity contribution >= 4 is 11.7 Å². The van der Waals surface area contributed by atoms with Gasteiger partial charge in [-0.15, -0.1) is 5.10 Å². The molecule has 2 aromatic heterocycles. The normalized spacial score (nSPS) is 22.7. The van der Waals surface area contributed by atoms with Gasteiger partial charge >= 0.3 is 5.97 Å². The third-order valence-electron chi connectivity index (χ3n) is 6.28. The molecule has 0 amide bonds. The van der Waals surface area contributed by atoms with Gasteiger partial charge in [-0.3, -0.25) is 4.68 Å². The highest BCUT2D eigenvalue weighted by Crippen LogP contribution is 2.55. The van der Waals surface area contributed by atoms with Gasteiger partial charge < -0.3 is 14.7 Å². The van der Waals surface area contributed by atoms with Crippen LogP contribution in [-0.4, -0.2) is 61.7 Å². The minimum absolute atomic E-state index is 0.120. The maximum atomic E-state index is 12.7. The number of nitrogens with zero attached hydrogens (tertiary/aromatic N) is 6. The molecule has 0 radical (unpaired) electrons. The maximum absolute atomic E-state index is 12.7. The number of β-amino-alcohol motifs (C(OH)–C–C–N with tert-alkyl or cyclic N) is 1. The van der Waals surface area contributed by atoms with Crippen molar-refractivity contribution < 1.29 is 14.6 Å². The summed E-state index contributed by atoms with van der Waals surface area (Å²) < 4.78 is 8.87. The first-order valence-corrected chi connectivity index (χ1v) is 11.2. The second kappa shape index (κ2) is 8.38. The molecule has 0 spiro atoms. The molecular formula is C23H28N6O3. The molecule has 168 valence electrons. The number of rotatable bonds is 6. The Morgan fingerprint density at radius 2 is 2.12 bits per heavy atom. The number of ether oxygens (including phenoxy) is 1. The first-order chi connectivity index (χ1) is 15.5. The van der Waals surface area contributed by atoms with Gasteiger partial charge in [0.05, 0.1) is 36.0 Å². The molecule has 3 aromatic rings. The van der Waals surface area contributed by atoms with E-state index in [2.05, 4.69) is 32.4 Å². The molecule has 1 aliphatic heterocycles. The van der Waals surface area contributed by atoms with Gasteiger partial charge in [-0.1, -0.05) is 11.3 Å². The zero-order valence-electron chi connectivity index (χ0n) is 18.4. The van der Waals surface area contributed by atoms with Crippen LogP contribution in [0.3, 0.4) is 0 Å². The SMILES string of the molecule is CCOC(=O)c1cnn(-c2cccc(N3CCC[C@@H](O)C3)c2)c1[C@@H]1C[C@H]1c1cn(C)nn1. The number of aryl methyl sites for hydroxylation is 1. The number of piperidine rings is 1. The Hall–Kier alpha value is -3.20. The molecule has 3 heterocycles. The van der Waals surface area contributed by atoms with Gasteiger partial charge in [-0.2, -0.15) is 5.10 Å². The number of aliphatic hydroxyl groups is 1. The summed E-state index contributed by atoms with van der Waals surface area (Å²) in [5.74, 6) is -0.0318. The summed E-state index contributed by atoms with van der Waals surface area (Å²) in [6.07, 6.45) is 5.92. The van der Waals surface area contributed by atoms with E-state index in [1.807, 2.05) is 30.1 Å². The van der Waals surface area contributed by atoms with Crippen LogP contribution >= 0.6 is 0 Å². The first kappa shape index (κ1) is 20.7. The van der Waals surface area contributed by atoms with Gasteiger partial charge in [0, 0.05) is 43.9 Å². The van der Waals surface area contributed by atoms with Gasteiger partial charge in [0.25, 0.3) is 0 Å². The first-order valence-electron chi connectivity index (χ1n) is 11.2. The predicted octanol–water partition coefficient (Wildman–Crippen LogP) is 2.41. The summed E-state index contributed by atoms with van der Waals surface area (Å²) in [5, 5.41) is 23.0. The van der Waals surface area contributed by atoms with Crippen LogP contribution in [0.2, 0.25) is 0 Å². The Kier molecular flexibility index (Phi) is 5.42. The molecule has 32 heavy (non-hydrogen) atoms. The van der Waals surface area contributed by atoms with E-state index < -0.39 is 0 Å². The quantitative estimate of drug-likeness (QED) is 0.593. The topological polar surface area (TPSA) is 98.3 Å². The van der Waals surface area contributed by atoms with E-state index in [-0.39, 0.29) is 23.9 Å². The summed E-state index contributed by atoms with van der Waals surface area (Å²) in [5.41, 5.74) is 4.22. The molecule has 9 nitrogen and oxygen atoms in total. The minimum Gasteiger partial charge on any atom is -0.462 e. The van der Waals surface area contributed by atoms with Crippen LogP contribution in [0.1, 0.15) is 59.8 Å². The average molecular weight is 437 g/mol. The molecule has 1 aromatic carbocycles. The molecule has 2 aliphatic rings. The smallest absolute Gasteiger partial charge is 0.341 e. The summed E-state index contributed by atoms with van der Waals surface area (Å²) in [6, 6.07) is 8.11. The lowest BCUT2D eigenvalue weighted by Gasteiger charge is -2.32. The lowest BCUT2D eigenvalue weighted by atomic mass is 10.1. The lowest BCUT2D eigenvalue weighted by molar-refractivity contribution is 0.0525. The van der Waals surface area contributed by atoms with E-state index in [9.17, 15) is 9.90 Å². The zero-order valence-corrected chi connectivity index (χ0v) is 18.4. The van der Waals surface area contributed by atoms with Crippen molar-refractivity contribution in [2.75, 3.05) is 24.6 Å². The number of aliphatic hydroxyl groups excluding tert-OH is 1. The van der Waals surface area contributed by atoms with Gasteiger partial charge in [0.1, 0.15) is 5.56 Å². The zero-order chi connectivity index (χ0) is 22.2. The number of carbonyl (C=O) groups excluding carboxylic acids is 1. The van der Waals surface area contributed by atoms with E-state index in [0.29, 0.717) is 18.7 Å². The summed E-state index contributed by atoms with van der Waals surface area (Å²) in [4.78, 5) is 14.9. The van der Waals surface area contributed by atoms with Crippen LogP contribution < -0.4 is 4.90 Å². The van der Waals surface area contributed by atoms with E-state index in [0.717, 1.165) is 48.6 Å². The molecule has 1 saturated heterocycles. The number of hydrogen-bond donors (Lipinski definition) is 1. The van der Waals surface area contributed by atoms with Crippen LogP contribution in [0.4, 0.5) is 5.69 Å². The lowest BCUT2D eigenvalue weighted by Crippen LogP contribution is -2.38. The molecule has 3 atom stereocenters. The molecule has 0 unspecified atom stereocenters. The van der Waals surface area contributed by atoms with Crippen molar-refractivity contribution in [1.29, 1.82) is 0 Å². The number of hydrogen-bond acceptors (Lipinski definition) is 7. The van der Waals surface area contributed by atoms with Crippen LogP contribution in [-0.2, 0) is 11.8 Å². The summed E-state index contributed by atoms with van der Waals surface area (Å²) in [6.45, 7) is 3.66. The molecule has 1 saturated carbocycles. The van der Waals surface area contributed by atoms with Crippen LogP contribution in [0, 0.1) is 0 Å². The van der Waals surface area contributed by atoms with Gasteiger partial charge in [-0.05, 0) is 44.4 Å². The Morgan fingerprint density at radius 3 is 2.88 bits per heavy atom. The average Bonchev–Trinajstić information content (AvgIpc) is 3.24. The van der Waals surface area contributed by atoms with Crippen molar-refractivity contribution in [3.8, 4) is 5.69 Å². The van der Waals surface area contributed by atoms with E-state index >= 15 is 0 Å². The summed E-state index contributed by atoms with van der Waals surface area (Å²) in [7, 11) is 1.85. The summed E-state index contributed by atoms with van der Waals surface area (Å²) >= 11 is 0. The number of benzene rings is 1. The molecule has 2 fully saturated rings.